The number of nitrogens with one attached hydrogen (secondary N) is 1. The summed E-state index contributed by atoms with van der Waals surface area (Å²) in [6, 6.07) is 14.2. The van der Waals surface area contributed by atoms with E-state index in [4.69, 9.17) is 14.6 Å². The number of amides is 2. The minimum Gasteiger partial charge on any atom is -0.490 e. The molecule has 3 atom stereocenters. The molecule has 0 radical (unpaired) electrons. The Hall–Kier alpha value is -3.39. The van der Waals surface area contributed by atoms with Gasteiger partial charge in [0.25, 0.3) is 5.91 Å². The summed E-state index contributed by atoms with van der Waals surface area (Å²) in [5.74, 6) is -0.898. The zero-order chi connectivity index (χ0) is 22.7. The fourth-order valence-electron chi connectivity index (χ4n) is 4.29. The largest absolute Gasteiger partial charge is 0.490 e. The highest BCUT2D eigenvalue weighted by Gasteiger charge is 2.39. The first kappa shape index (κ1) is 21.8. The van der Waals surface area contributed by atoms with Gasteiger partial charge in [-0.3, -0.25) is 14.4 Å². The van der Waals surface area contributed by atoms with Crippen LogP contribution in [0.4, 0.5) is 5.69 Å². The monoisotopic (exact) mass is 438 g/mol. The third-order valence-electron chi connectivity index (χ3n) is 5.91. The number of nitrogens with zero attached hydrogens (tertiary/aromatic N) is 1. The van der Waals surface area contributed by atoms with E-state index in [1.54, 1.807) is 30.1 Å². The maximum Gasteiger partial charge on any atom is 0.305 e. The number of rotatable bonds is 5. The molecule has 32 heavy (non-hydrogen) atoms. The number of anilines is 1. The molecule has 2 aromatic carbocycles. The van der Waals surface area contributed by atoms with E-state index in [-0.39, 0.29) is 43.4 Å². The van der Waals surface area contributed by atoms with Gasteiger partial charge in [0.2, 0.25) is 5.91 Å². The summed E-state index contributed by atoms with van der Waals surface area (Å²) >= 11 is 0. The maximum atomic E-state index is 13.2. The summed E-state index contributed by atoms with van der Waals surface area (Å²) in [5, 5.41) is 11.9. The zero-order valence-corrected chi connectivity index (χ0v) is 17.8. The second-order valence-electron chi connectivity index (χ2n) is 8.19. The molecule has 0 saturated carbocycles. The summed E-state index contributed by atoms with van der Waals surface area (Å²) in [7, 11) is 1.72. The number of carbonyl (C=O) groups excluding carboxylic acids is 2. The Morgan fingerprint density at radius 3 is 2.69 bits per heavy atom. The fourth-order valence-corrected chi connectivity index (χ4v) is 4.29. The van der Waals surface area contributed by atoms with E-state index in [9.17, 15) is 14.4 Å². The van der Waals surface area contributed by atoms with E-state index in [1.807, 2.05) is 30.3 Å². The summed E-state index contributed by atoms with van der Waals surface area (Å²) in [6.45, 7) is 0.213. The number of aliphatic carboxylic acids is 1. The number of carbonyl (C=O) groups is 3. The minimum absolute atomic E-state index is 0.0660. The Morgan fingerprint density at radius 1 is 1.16 bits per heavy atom. The maximum absolute atomic E-state index is 13.2. The van der Waals surface area contributed by atoms with Crippen molar-refractivity contribution in [3.8, 4) is 5.75 Å². The zero-order valence-electron chi connectivity index (χ0n) is 17.8. The predicted octanol–water partition coefficient (Wildman–Crippen LogP) is 2.72. The second-order valence-corrected chi connectivity index (χ2v) is 8.19. The van der Waals surface area contributed by atoms with Crippen molar-refractivity contribution >= 4 is 23.5 Å². The van der Waals surface area contributed by atoms with Crippen molar-refractivity contribution in [2.45, 2.75) is 43.9 Å². The molecular formula is C24H26N2O6. The summed E-state index contributed by atoms with van der Waals surface area (Å²) < 4.78 is 11.8. The molecule has 0 bridgehead atoms. The number of ether oxygens (including phenoxy) is 2. The fraction of sp³-hybridized carbons (Fsp3) is 0.375. The molecule has 0 aromatic heterocycles. The van der Waals surface area contributed by atoms with Gasteiger partial charge in [-0.25, -0.2) is 0 Å². The first-order valence-electron chi connectivity index (χ1n) is 10.7. The molecule has 2 aromatic rings. The van der Waals surface area contributed by atoms with E-state index >= 15 is 0 Å². The third-order valence-corrected chi connectivity index (χ3v) is 5.91. The Morgan fingerprint density at radius 2 is 1.94 bits per heavy atom. The number of carboxylic acids is 1. The van der Waals surface area contributed by atoms with Crippen molar-refractivity contribution in [1.29, 1.82) is 0 Å². The Bertz CT molecular complexity index is 1010. The molecule has 0 spiro atoms. The molecule has 2 amide bonds. The number of likely N-dealkylation sites (N-methyl/N-ethyl adjacent to an activating group) is 1. The second kappa shape index (κ2) is 9.40. The molecule has 168 valence electrons. The normalized spacial score (nSPS) is 22.6. The van der Waals surface area contributed by atoms with Gasteiger partial charge in [0.1, 0.15) is 18.5 Å². The molecule has 1 fully saturated rings. The van der Waals surface area contributed by atoms with Crippen LogP contribution in [0.5, 0.6) is 5.75 Å². The van der Waals surface area contributed by atoms with E-state index < -0.39 is 12.1 Å². The molecule has 4 rings (SSSR count). The van der Waals surface area contributed by atoms with Gasteiger partial charge in [-0.15, -0.1) is 0 Å². The molecule has 2 aliphatic heterocycles. The van der Waals surface area contributed by atoms with Crippen molar-refractivity contribution in [2.75, 3.05) is 19.0 Å². The van der Waals surface area contributed by atoms with Crippen LogP contribution in [0.1, 0.15) is 35.2 Å². The molecule has 2 aliphatic rings. The lowest BCUT2D eigenvalue weighted by Crippen LogP contribution is -2.53. The van der Waals surface area contributed by atoms with E-state index in [0.29, 0.717) is 29.8 Å². The minimum atomic E-state index is -0.906. The quantitative estimate of drug-likeness (QED) is 0.744. The average molecular weight is 438 g/mol. The first-order chi connectivity index (χ1) is 15.4. The number of fused-ring (bicyclic) bond motifs is 2. The van der Waals surface area contributed by atoms with Gasteiger partial charge in [0, 0.05) is 12.7 Å². The lowest BCUT2D eigenvalue weighted by Gasteiger charge is -2.42. The van der Waals surface area contributed by atoms with E-state index in [1.165, 1.54) is 0 Å². The summed E-state index contributed by atoms with van der Waals surface area (Å²) in [6.07, 6.45) is 0.581. The standard InChI is InChI=1S/C24H26N2O6/c1-26-19-9-8-17(13-23(28)29)32-21(19)14-31-20-10-7-16(12-18(20)24(26)30)25-22(27)11-15-5-3-2-4-6-15/h2-7,10,12,17,19,21H,8-9,11,13-14H2,1H3,(H,25,27)(H,28,29)/t17-,19+,21+/m1/s1. The van der Waals surface area contributed by atoms with Crippen molar-refractivity contribution in [3.05, 3.63) is 59.7 Å². The van der Waals surface area contributed by atoms with Gasteiger partial charge in [0.05, 0.1) is 30.6 Å². The topological polar surface area (TPSA) is 105 Å². The molecule has 8 heteroatoms. The summed E-state index contributed by atoms with van der Waals surface area (Å²) in [5.41, 5.74) is 1.80. The highest BCUT2D eigenvalue weighted by atomic mass is 16.5. The Labute approximate surface area is 186 Å². The summed E-state index contributed by atoms with van der Waals surface area (Å²) in [4.78, 5) is 38.3. The molecule has 2 N–H and O–H groups in total. The number of benzene rings is 2. The first-order valence-corrected chi connectivity index (χ1v) is 10.7. The van der Waals surface area contributed by atoms with Crippen LogP contribution in [0, 0.1) is 0 Å². The van der Waals surface area contributed by atoms with Gasteiger partial charge in [0.15, 0.2) is 0 Å². The van der Waals surface area contributed by atoms with Crippen molar-refractivity contribution in [3.63, 3.8) is 0 Å². The van der Waals surface area contributed by atoms with Crippen LogP contribution in [0.15, 0.2) is 48.5 Å². The highest BCUT2D eigenvalue weighted by Crippen LogP contribution is 2.32. The average Bonchev–Trinajstić information content (AvgIpc) is 2.77. The van der Waals surface area contributed by atoms with Crippen LogP contribution in [0.2, 0.25) is 0 Å². The number of hydrogen-bond donors (Lipinski definition) is 2. The number of hydrogen-bond acceptors (Lipinski definition) is 5. The van der Waals surface area contributed by atoms with Gasteiger partial charge in [-0.2, -0.15) is 0 Å². The molecule has 0 unspecified atom stereocenters. The van der Waals surface area contributed by atoms with Crippen LogP contribution in [-0.4, -0.2) is 59.7 Å². The molecule has 2 heterocycles. The lowest BCUT2D eigenvalue weighted by atomic mass is 9.94. The smallest absolute Gasteiger partial charge is 0.305 e. The van der Waals surface area contributed by atoms with Crippen LogP contribution >= 0.6 is 0 Å². The van der Waals surface area contributed by atoms with Crippen LogP contribution in [0.25, 0.3) is 0 Å². The third kappa shape index (κ3) is 4.91. The van der Waals surface area contributed by atoms with E-state index in [0.717, 1.165) is 5.56 Å². The van der Waals surface area contributed by atoms with Gasteiger partial charge >= 0.3 is 5.97 Å². The Balaban J connectivity index is 1.49. The van der Waals surface area contributed by atoms with Crippen molar-refractivity contribution < 1.29 is 29.0 Å². The van der Waals surface area contributed by atoms with Gasteiger partial charge < -0.3 is 24.8 Å². The van der Waals surface area contributed by atoms with E-state index in [2.05, 4.69) is 5.32 Å². The molecule has 0 aliphatic carbocycles. The molecule has 1 saturated heterocycles. The molecular weight excluding hydrogens is 412 g/mol. The molecule has 8 nitrogen and oxygen atoms in total. The Kier molecular flexibility index (Phi) is 6.41. The van der Waals surface area contributed by atoms with Crippen LogP contribution < -0.4 is 10.1 Å². The van der Waals surface area contributed by atoms with Gasteiger partial charge in [-0.05, 0) is 36.6 Å². The van der Waals surface area contributed by atoms with Crippen LogP contribution in [0.3, 0.4) is 0 Å². The predicted molar refractivity (Wildman–Crippen MR) is 117 cm³/mol. The highest BCUT2D eigenvalue weighted by molar-refractivity contribution is 6.00. The number of carboxylic acid groups (broad SMARTS) is 1. The van der Waals surface area contributed by atoms with Crippen molar-refractivity contribution in [1.82, 2.24) is 4.90 Å². The van der Waals surface area contributed by atoms with Crippen molar-refractivity contribution in [2.24, 2.45) is 0 Å². The van der Waals surface area contributed by atoms with Crippen LogP contribution in [-0.2, 0) is 20.7 Å². The van der Waals surface area contributed by atoms with Gasteiger partial charge in [-0.1, -0.05) is 30.3 Å². The lowest BCUT2D eigenvalue weighted by molar-refractivity contribution is -0.148. The SMILES string of the molecule is CN1C(=O)c2cc(NC(=O)Cc3ccccc3)ccc2OC[C@@H]2O[C@@H](CC(=O)O)CC[C@@H]21.